The monoisotopic (exact) mass is 671 g/mol. The average molecular weight is 672 g/mol. The molecule has 2 aromatic carbocycles. The van der Waals surface area contributed by atoms with Gasteiger partial charge in [0.05, 0.1) is 0 Å². The maximum absolute atomic E-state index is 13.8. The van der Waals surface area contributed by atoms with Crippen molar-refractivity contribution in [2.75, 3.05) is 18.4 Å². The maximum atomic E-state index is 13.8. The summed E-state index contributed by atoms with van der Waals surface area (Å²) in [7, 11) is 0. The second kappa shape index (κ2) is 16.0. The van der Waals surface area contributed by atoms with Crippen LogP contribution in [-0.2, 0) is 30.3 Å². The molecule has 0 unspecified atom stereocenters. The zero-order valence-electron chi connectivity index (χ0n) is 28.1. The Morgan fingerprint density at radius 1 is 0.957 bits per heavy atom. The first kappa shape index (κ1) is 37.1. The summed E-state index contributed by atoms with van der Waals surface area (Å²) >= 11 is 6.15. The van der Waals surface area contributed by atoms with Gasteiger partial charge in [0.15, 0.2) is 0 Å². The Kier molecular flexibility index (Phi) is 12.6. The lowest BCUT2D eigenvalue weighted by atomic mass is 10.0. The van der Waals surface area contributed by atoms with E-state index in [2.05, 4.69) is 21.3 Å². The number of nitrogens with zero attached hydrogens (tertiary/aromatic N) is 1. The van der Waals surface area contributed by atoms with E-state index in [4.69, 9.17) is 21.1 Å². The number of nitrogens with one attached hydrogen (secondary N) is 4. The third-order valence-electron chi connectivity index (χ3n) is 7.01. The van der Waals surface area contributed by atoms with E-state index in [-0.39, 0.29) is 25.9 Å². The summed E-state index contributed by atoms with van der Waals surface area (Å²) in [6, 6.07) is 12.0. The fourth-order valence-electron chi connectivity index (χ4n) is 4.90. The predicted molar refractivity (Wildman–Crippen MR) is 179 cm³/mol. The van der Waals surface area contributed by atoms with Crippen LogP contribution in [0.15, 0.2) is 48.5 Å². The normalized spacial score (nSPS) is 16.9. The van der Waals surface area contributed by atoms with E-state index in [1.54, 1.807) is 59.7 Å². The molecule has 4 N–H and O–H groups in total. The van der Waals surface area contributed by atoms with E-state index in [0.717, 1.165) is 11.1 Å². The Morgan fingerprint density at radius 2 is 1.62 bits per heavy atom. The van der Waals surface area contributed by atoms with E-state index in [0.29, 0.717) is 17.1 Å². The first-order chi connectivity index (χ1) is 21.9. The van der Waals surface area contributed by atoms with Gasteiger partial charge in [-0.05, 0) is 97.1 Å². The number of hydrogen-bond donors (Lipinski definition) is 4. The number of halogens is 1. The molecule has 5 amide bonds. The molecule has 1 fully saturated rings. The van der Waals surface area contributed by atoms with Crippen LogP contribution in [0.3, 0.4) is 0 Å². The highest BCUT2D eigenvalue weighted by atomic mass is 35.5. The molecule has 0 bridgehead atoms. The molecule has 0 aliphatic carbocycles. The summed E-state index contributed by atoms with van der Waals surface area (Å²) in [5.74, 6) is -1.53. The summed E-state index contributed by atoms with van der Waals surface area (Å²) < 4.78 is 10.7. The van der Waals surface area contributed by atoms with Crippen molar-refractivity contribution in [2.45, 2.75) is 97.1 Å². The molecule has 12 nitrogen and oxygen atoms in total. The van der Waals surface area contributed by atoms with Crippen molar-refractivity contribution in [1.29, 1.82) is 0 Å². The van der Waals surface area contributed by atoms with Gasteiger partial charge in [-0.2, -0.15) is 0 Å². The molecular weight excluding hydrogens is 626 g/mol. The lowest BCUT2D eigenvalue weighted by Gasteiger charge is -2.29. The van der Waals surface area contributed by atoms with Gasteiger partial charge in [0, 0.05) is 23.3 Å². The van der Waals surface area contributed by atoms with Crippen LogP contribution in [0, 0.1) is 6.92 Å². The summed E-state index contributed by atoms with van der Waals surface area (Å²) in [6.07, 6.45) is -0.637. The van der Waals surface area contributed by atoms with Crippen LogP contribution in [0.5, 0.6) is 0 Å². The summed E-state index contributed by atoms with van der Waals surface area (Å²) in [4.78, 5) is 66.5. The summed E-state index contributed by atoms with van der Waals surface area (Å²) in [5, 5.41) is 11.4. The van der Waals surface area contributed by atoms with Crippen molar-refractivity contribution in [3.05, 3.63) is 64.7 Å². The smallest absolute Gasteiger partial charge is 0.411 e. The van der Waals surface area contributed by atoms with Gasteiger partial charge in [-0.15, -0.1) is 0 Å². The molecule has 0 aromatic heterocycles. The maximum Gasteiger partial charge on any atom is 0.411 e. The van der Waals surface area contributed by atoms with Crippen LogP contribution in [0.4, 0.5) is 15.3 Å². The fourth-order valence-corrected chi connectivity index (χ4v) is 5.02. The Labute approximate surface area is 281 Å². The van der Waals surface area contributed by atoms with Crippen LogP contribution in [-0.4, -0.2) is 77.2 Å². The summed E-state index contributed by atoms with van der Waals surface area (Å²) in [5.41, 5.74) is 0.717. The number of anilines is 1. The summed E-state index contributed by atoms with van der Waals surface area (Å²) in [6.45, 7) is 11.7. The number of rotatable bonds is 10. The fraction of sp³-hybridized carbons (Fsp3) is 0.500. The van der Waals surface area contributed by atoms with Crippen LogP contribution in [0.1, 0.15) is 65.5 Å². The first-order valence-electron chi connectivity index (χ1n) is 15.6. The molecule has 0 saturated carbocycles. The first-order valence-corrected chi connectivity index (χ1v) is 15.9. The number of ether oxygens (including phenoxy) is 2. The molecule has 1 aliphatic rings. The van der Waals surface area contributed by atoms with Gasteiger partial charge in [0.1, 0.15) is 29.8 Å². The molecule has 13 heteroatoms. The Hall–Kier alpha value is -4.32. The zero-order valence-corrected chi connectivity index (χ0v) is 28.8. The minimum Gasteiger partial charge on any atom is -0.444 e. The SMILES string of the molecule is Cc1cc(NC(=O)[C@@H](CCc2ccccc2)NC(=O)[C@@H]2C[C@@H](NC(=O)CNC(=O)OC(C)(C)C)CN2C(=O)OC(C)(C)C)ccc1Cl. The Balaban J connectivity index is 1.76. The molecule has 47 heavy (non-hydrogen) atoms. The molecule has 2 aromatic rings. The van der Waals surface area contributed by atoms with Crippen LogP contribution >= 0.6 is 11.6 Å². The van der Waals surface area contributed by atoms with Crippen molar-refractivity contribution in [3.63, 3.8) is 0 Å². The highest BCUT2D eigenvalue weighted by Gasteiger charge is 2.43. The van der Waals surface area contributed by atoms with Gasteiger partial charge in [-0.1, -0.05) is 41.9 Å². The Morgan fingerprint density at radius 3 is 2.23 bits per heavy atom. The average Bonchev–Trinajstić information content (AvgIpc) is 3.39. The second-order valence-corrected chi connectivity index (χ2v) is 13.9. The lowest BCUT2D eigenvalue weighted by molar-refractivity contribution is -0.129. The highest BCUT2D eigenvalue weighted by molar-refractivity contribution is 6.31. The molecule has 1 aliphatic heterocycles. The third-order valence-corrected chi connectivity index (χ3v) is 7.44. The van der Waals surface area contributed by atoms with Gasteiger partial charge in [-0.3, -0.25) is 19.3 Å². The largest absolute Gasteiger partial charge is 0.444 e. The number of likely N-dealkylation sites (tertiary alicyclic amines) is 1. The molecular formula is C34H46ClN5O7. The standard InChI is InChI=1S/C34H46ClN5O7/c1-21-17-23(14-15-25(21)35)38-29(42)26(16-13-22-11-9-8-10-12-22)39-30(43)27-18-24(20-40(27)32(45)47-34(5,6)7)37-28(41)19-36-31(44)46-33(2,3)4/h8-12,14-15,17,24,26-27H,13,16,18-20H2,1-7H3,(H,36,44)(H,37,41)(H,38,42)(H,39,43)/t24-,26-,27+/m1/s1. The van der Waals surface area contributed by atoms with Crippen LogP contribution < -0.4 is 21.3 Å². The number of carbonyl (C=O) groups is 5. The van der Waals surface area contributed by atoms with Crippen LogP contribution in [0.2, 0.25) is 5.02 Å². The molecule has 3 atom stereocenters. The number of alkyl carbamates (subject to hydrolysis) is 1. The van der Waals surface area contributed by atoms with E-state index in [9.17, 15) is 24.0 Å². The van der Waals surface area contributed by atoms with Gasteiger partial charge >= 0.3 is 12.2 Å². The van der Waals surface area contributed by atoms with Gasteiger partial charge in [0.25, 0.3) is 0 Å². The highest BCUT2D eigenvalue weighted by Crippen LogP contribution is 2.23. The number of benzene rings is 2. The van der Waals surface area contributed by atoms with E-state index in [1.807, 2.05) is 37.3 Å². The minimum atomic E-state index is -1.04. The van der Waals surface area contributed by atoms with Crippen molar-refractivity contribution in [3.8, 4) is 0 Å². The number of aryl methyl sites for hydroxylation is 2. The van der Waals surface area contributed by atoms with Crippen molar-refractivity contribution in [1.82, 2.24) is 20.9 Å². The van der Waals surface area contributed by atoms with Crippen molar-refractivity contribution in [2.24, 2.45) is 0 Å². The molecule has 0 radical (unpaired) electrons. The van der Waals surface area contributed by atoms with Gasteiger partial charge in [-0.25, -0.2) is 9.59 Å². The molecule has 0 spiro atoms. The third kappa shape index (κ3) is 12.4. The van der Waals surface area contributed by atoms with Crippen molar-refractivity contribution >= 4 is 47.2 Å². The second-order valence-electron chi connectivity index (χ2n) is 13.5. The minimum absolute atomic E-state index is 0.0178. The lowest BCUT2D eigenvalue weighted by Crippen LogP contribution is -2.52. The topological polar surface area (TPSA) is 155 Å². The Bertz CT molecular complexity index is 1440. The van der Waals surface area contributed by atoms with Gasteiger partial charge < -0.3 is 30.7 Å². The number of carbonyl (C=O) groups excluding carboxylic acids is 5. The molecule has 1 heterocycles. The van der Waals surface area contributed by atoms with Crippen LogP contribution in [0.25, 0.3) is 0 Å². The molecule has 3 rings (SSSR count). The number of amides is 5. The quantitative estimate of drug-likeness (QED) is 0.285. The van der Waals surface area contributed by atoms with E-state index < -0.39 is 59.2 Å². The predicted octanol–water partition coefficient (Wildman–Crippen LogP) is 4.72. The zero-order chi connectivity index (χ0) is 34.9. The number of hydrogen-bond acceptors (Lipinski definition) is 7. The van der Waals surface area contributed by atoms with Crippen molar-refractivity contribution < 1.29 is 33.4 Å². The van der Waals surface area contributed by atoms with Gasteiger partial charge in [0.2, 0.25) is 17.7 Å². The van der Waals surface area contributed by atoms with E-state index >= 15 is 0 Å². The van der Waals surface area contributed by atoms with E-state index in [1.165, 1.54) is 4.90 Å². The molecule has 1 saturated heterocycles. The molecule has 256 valence electrons.